The highest BCUT2D eigenvalue weighted by Crippen LogP contribution is 2.19. The molecule has 1 fully saturated rings. The van der Waals surface area contributed by atoms with Gasteiger partial charge in [0.15, 0.2) is 5.11 Å². The second kappa shape index (κ2) is 7.62. The number of halogens is 1. The van der Waals surface area contributed by atoms with Crippen molar-refractivity contribution in [1.82, 2.24) is 5.32 Å². The first-order chi connectivity index (χ1) is 10.4. The maximum Gasteiger partial charge on any atom is 0.171 e. The number of rotatable bonds is 4. The first kappa shape index (κ1) is 17.5. The van der Waals surface area contributed by atoms with Crippen LogP contribution in [0.15, 0.2) is 18.2 Å². The van der Waals surface area contributed by atoms with Crippen molar-refractivity contribution in [2.24, 2.45) is 0 Å². The third-order valence-corrected chi connectivity index (χ3v) is 5.19. The summed E-state index contributed by atoms with van der Waals surface area (Å²) in [4.78, 5) is 1.67. The minimum Gasteiger partial charge on any atom is -0.356 e. The van der Waals surface area contributed by atoms with E-state index in [-0.39, 0.29) is 5.54 Å². The normalized spacial score (nSPS) is 16.4. The molecule has 3 N–H and O–H groups in total. The van der Waals surface area contributed by atoms with Crippen molar-refractivity contribution in [3.05, 3.63) is 28.8 Å². The Hall–Kier alpha value is -0.840. The van der Waals surface area contributed by atoms with E-state index in [9.17, 15) is 0 Å². The Morgan fingerprint density at radius 2 is 1.95 bits per heavy atom. The lowest BCUT2D eigenvalue weighted by molar-refractivity contribution is -0.951. The standard InChI is InChI=1S/C17H26ClN3S/c1-13-7-8-14(11-15(13)18)20-16(22)19-12-17(2,3)21-9-5-4-6-10-21/h7-8,11H,4-6,9-10,12H2,1-3H3,(H2,19,20,22)/p+1. The lowest BCUT2D eigenvalue weighted by Gasteiger charge is -2.38. The molecule has 0 bridgehead atoms. The van der Waals surface area contributed by atoms with Gasteiger partial charge >= 0.3 is 0 Å². The molecule has 1 heterocycles. The number of anilines is 1. The highest BCUT2D eigenvalue weighted by atomic mass is 35.5. The van der Waals surface area contributed by atoms with Crippen LogP contribution in [-0.2, 0) is 0 Å². The third kappa shape index (κ3) is 4.83. The SMILES string of the molecule is Cc1ccc(NC(=S)NCC(C)(C)[NH+]2CCCCC2)cc1Cl. The van der Waals surface area contributed by atoms with Gasteiger partial charge in [0.2, 0.25) is 0 Å². The average molecular weight is 341 g/mol. The molecule has 0 aliphatic carbocycles. The second-order valence-corrected chi connectivity index (χ2v) is 7.64. The largest absolute Gasteiger partial charge is 0.356 e. The lowest BCUT2D eigenvalue weighted by atomic mass is 9.98. The molecule has 0 atom stereocenters. The molecular weight excluding hydrogens is 314 g/mol. The average Bonchev–Trinajstić information content (AvgIpc) is 2.50. The van der Waals surface area contributed by atoms with E-state index in [1.54, 1.807) is 4.90 Å². The summed E-state index contributed by atoms with van der Waals surface area (Å²) in [6, 6.07) is 5.90. The van der Waals surface area contributed by atoms with Gasteiger partial charge < -0.3 is 15.5 Å². The summed E-state index contributed by atoms with van der Waals surface area (Å²) in [6.07, 6.45) is 4.05. The predicted octanol–water partition coefficient (Wildman–Crippen LogP) is 2.78. The van der Waals surface area contributed by atoms with Crippen molar-refractivity contribution >= 4 is 34.6 Å². The van der Waals surface area contributed by atoms with Gasteiger partial charge in [-0.1, -0.05) is 17.7 Å². The zero-order valence-electron chi connectivity index (χ0n) is 13.8. The van der Waals surface area contributed by atoms with Gasteiger partial charge in [0.25, 0.3) is 0 Å². The Balaban J connectivity index is 1.84. The van der Waals surface area contributed by atoms with Crippen LogP contribution in [-0.4, -0.2) is 30.3 Å². The number of benzene rings is 1. The van der Waals surface area contributed by atoms with Crippen LogP contribution >= 0.6 is 23.8 Å². The van der Waals surface area contributed by atoms with Crippen LogP contribution in [0.4, 0.5) is 5.69 Å². The van der Waals surface area contributed by atoms with Crippen LogP contribution in [0.3, 0.4) is 0 Å². The summed E-state index contributed by atoms with van der Waals surface area (Å²) in [5, 5.41) is 7.98. The number of thiocarbonyl (C=S) groups is 1. The van der Waals surface area contributed by atoms with Crippen molar-refractivity contribution in [3.8, 4) is 0 Å². The second-order valence-electron chi connectivity index (χ2n) is 6.82. The molecule has 0 aromatic heterocycles. The topological polar surface area (TPSA) is 28.5 Å². The van der Waals surface area contributed by atoms with E-state index >= 15 is 0 Å². The summed E-state index contributed by atoms with van der Waals surface area (Å²) >= 11 is 11.5. The fourth-order valence-corrected chi connectivity index (χ4v) is 3.30. The molecule has 1 aromatic rings. The zero-order valence-corrected chi connectivity index (χ0v) is 15.3. The number of hydrogen-bond donors (Lipinski definition) is 3. The van der Waals surface area contributed by atoms with Crippen molar-refractivity contribution in [1.29, 1.82) is 0 Å². The van der Waals surface area contributed by atoms with E-state index < -0.39 is 0 Å². The highest BCUT2D eigenvalue weighted by Gasteiger charge is 2.31. The number of nitrogens with one attached hydrogen (secondary N) is 3. The van der Waals surface area contributed by atoms with Crippen molar-refractivity contribution in [2.45, 2.75) is 45.6 Å². The van der Waals surface area contributed by atoms with Crippen molar-refractivity contribution in [2.75, 3.05) is 25.0 Å². The fourth-order valence-electron chi connectivity index (χ4n) is 2.93. The van der Waals surface area contributed by atoms with Gasteiger partial charge in [-0.3, -0.25) is 0 Å². The van der Waals surface area contributed by atoms with Crippen LogP contribution in [0, 0.1) is 6.92 Å². The summed E-state index contributed by atoms with van der Waals surface area (Å²) in [6.45, 7) is 10.0. The number of piperidine rings is 1. The molecule has 0 saturated carbocycles. The van der Waals surface area contributed by atoms with Gasteiger partial charge in [-0.15, -0.1) is 0 Å². The molecule has 1 aromatic carbocycles. The summed E-state index contributed by atoms with van der Waals surface area (Å²) in [5.41, 5.74) is 2.19. The molecule has 0 spiro atoms. The first-order valence-electron chi connectivity index (χ1n) is 8.05. The zero-order chi connectivity index (χ0) is 16.2. The minimum absolute atomic E-state index is 0.192. The van der Waals surface area contributed by atoms with Gasteiger partial charge in [-0.2, -0.15) is 0 Å². The van der Waals surface area contributed by atoms with E-state index in [0.717, 1.165) is 22.8 Å². The van der Waals surface area contributed by atoms with Crippen molar-refractivity contribution < 1.29 is 4.90 Å². The highest BCUT2D eigenvalue weighted by molar-refractivity contribution is 7.80. The van der Waals surface area contributed by atoms with Gasteiger partial charge in [0, 0.05) is 10.7 Å². The van der Waals surface area contributed by atoms with E-state index in [4.69, 9.17) is 23.8 Å². The molecule has 122 valence electrons. The maximum absolute atomic E-state index is 6.14. The van der Waals surface area contributed by atoms with Gasteiger partial charge in [-0.05, 0) is 69.9 Å². The monoisotopic (exact) mass is 340 g/mol. The number of likely N-dealkylation sites (tertiary alicyclic amines) is 1. The van der Waals surface area contributed by atoms with Crippen LogP contribution in [0.1, 0.15) is 38.7 Å². The Bertz CT molecular complexity index is 525. The molecule has 0 unspecified atom stereocenters. The molecule has 1 aliphatic rings. The molecule has 3 nitrogen and oxygen atoms in total. The predicted molar refractivity (Wildman–Crippen MR) is 99.0 cm³/mol. The van der Waals surface area contributed by atoms with E-state index in [1.807, 2.05) is 25.1 Å². The number of hydrogen-bond acceptors (Lipinski definition) is 1. The first-order valence-corrected chi connectivity index (χ1v) is 8.83. The van der Waals surface area contributed by atoms with Crippen LogP contribution in [0.5, 0.6) is 0 Å². The summed E-state index contributed by atoms with van der Waals surface area (Å²) in [7, 11) is 0. The third-order valence-electron chi connectivity index (χ3n) is 4.53. The lowest BCUT2D eigenvalue weighted by Crippen LogP contribution is -3.20. The maximum atomic E-state index is 6.14. The Kier molecular flexibility index (Phi) is 6.07. The van der Waals surface area contributed by atoms with Crippen molar-refractivity contribution in [3.63, 3.8) is 0 Å². The van der Waals surface area contributed by atoms with Crippen LogP contribution < -0.4 is 15.5 Å². The smallest absolute Gasteiger partial charge is 0.171 e. The van der Waals surface area contributed by atoms with Gasteiger partial charge in [0.05, 0.1) is 19.6 Å². The molecule has 5 heteroatoms. The molecule has 1 saturated heterocycles. The quantitative estimate of drug-likeness (QED) is 0.736. The molecular formula is C17H27ClN3S+. The van der Waals surface area contributed by atoms with Gasteiger partial charge in [0.1, 0.15) is 5.54 Å². The van der Waals surface area contributed by atoms with E-state index in [1.165, 1.54) is 32.4 Å². The molecule has 2 rings (SSSR count). The molecule has 22 heavy (non-hydrogen) atoms. The van der Waals surface area contributed by atoms with Gasteiger partial charge in [-0.25, -0.2) is 0 Å². The minimum atomic E-state index is 0.192. The Morgan fingerprint density at radius 3 is 2.59 bits per heavy atom. The van der Waals surface area contributed by atoms with Crippen LogP contribution in [0.2, 0.25) is 5.02 Å². The molecule has 0 amide bonds. The summed E-state index contributed by atoms with van der Waals surface area (Å²) < 4.78 is 0. The van der Waals surface area contributed by atoms with E-state index in [0.29, 0.717) is 5.11 Å². The Labute approximate surface area is 144 Å². The van der Waals surface area contributed by atoms with E-state index in [2.05, 4.69) is 24.5 Å². The Morgan fingerprint density at radius 1 is 1.27 bits per heavy atom. The number of aryl methyl sites for hydroxylation is 1. The fraction of sp³-hybridized carbons (Fsp3) is 0.588. The van der Waals surface area contributed by atoms with Crippen LogP contribution in [0.25, 0.3) is 0 Å². The molecule has 0 radical (unpaired) electrons. The molecule has 1 aliphatic heterocycles. The number of quaternary nitrogens is 1. The summed E-state index contributed by atoms with van der Waals surface area (Å²) in [5.74, 6) is 0.